The summed E-state index contributed by atoms with van der Waals surface area (Å²) < 4.78 is 1.71. The van der Waals surface area contributed by atoms with Crippen molar-refractivity contribution in [3.8, 4) is 0 Å². The van der Waals surface area contributed by atoms with E-state index in [4.69, 9.17) is 0 Å². The molecule has 1 aromatic carbocycles. The average Bonchev–Trinajstić information content (AvgIpc) is 3.05. The highest BCUT2D eigenvalue weighted by molar-refractivity contribution is 14.0. The Kier molecular flexibility index (Phi) is 9.63. The van der Waals surface area contributed by atoms with E-state index in [-0.39, 0.29) is 29.9 Å². The van der Waals surface area contributed by atoms with Gasteiger partial charge in [-0.05, 0) is 24.1 Å². The van der Waals surface area contributed by atoms with E-state index in [0.29, 0.717) is 31.2 Å². The van der Waals surface area contributed by atoms with Crippen molar-refractivity contribution in [2.45, 2.75) is 26.4 Å². The van der Waals surface area contributed by atoms with Crippen LogP contribution in [0.15, 0.2) is 35.6 Å². The van der Waals surface area contributed by atoms with Gasteiger partial charge < -0.3 is 16.0 Å². The Morgan fingerprint density at radius 1 is 1.23 bits per heavy atom. The maximum Gasteiger partial charge on any atom is 0.251 e. The number of benzene rings is 1. The van der Waals surface area contributed by atoms with E-state index in [9.17, 15) is 4.79 Å². The number of aliphatic imine (C=N–C) groups is 1. The molecular formula is C17H26IN7O. The summed E-state index contributed by atoms with van der Waals surface area (Å²) in [4.78, 5) is 20.4. The highest BCUT2D eigenvalue weighted by Crippen LogP contribution is 2.05. The number of aryl methyl sites for hydroxylation is 1. The molecule has 0 saturated carbocycles. The fourth-order valence-electron chi connectivity index (χ4n) is 2.21. The zero-order valence-corrected chi connectivity index (χ0v) is 17.7. The number of carbonyl (C=O) groups excluding carboxylic acids is 1. The third kappa shape index (κ3) is 6.62. The summed E-state index contributed by atoms with van der Waals surface area (Å²) in [6, 6.07) is 7.55. The monoisotopic (exact) mass is 471 g/mol. The van der Waals surface area contributed by atoms with Gasteiger partial charge in [0.15, 0.2) is 5.96 Å². The van der Waals surface area contributed by atoms with Gasteiger partial charge in [0.2, 0.25) is 0 Å². The molecule has 3 N–H and O–H groups in total. The molecule has 0 aliphatic heterocycles. The van der Waals surface area contributed by atoms with Crippen LogP contribution in [0.25, 0.3) is 0 Å². The fourth-order valence-corrected chi connectivity index (χ4v) is 2.21. The molecule has 0 unspecified atom stereocenters. The first-order chi connectivity index (χ1) is 12.1. The van der Waals surface area contributed by atoms with Gasteiger partial charge in [0.1, 0.15) is 12.2 Å². The molecule has 1 amide bonds. The number of guanidine groups is 1. The lowest BCUT2D eigenvalue weighted by molar-refractivity contribution is 0.0953. The molecule has 0 atom stereocenters. The van der Waals surface area contributed by atoms with E-state index in [2.05, 4.69) is 31.0 Å². The summed E-state index contributed by atoms with van der Waals surface area (Å²) >= 11 is 0. The van der Waals surface area contributed by atoms with Gasteiger partial charge >= 0.3 is 0 Å². The van der Waals surface area contributed by atoms with Gasteiger partial charge in [0, 0.05) is 32.7 Å². The zero-order chi connectivity index (χ0) is 18.1. The van der Waals surface area contributed by atoms with E-state index in [1.165, 1.54) is 6.33 Å². The van der Waals surface area contributed by atoms with E-state index >= 15 is 0 Å². The second-order valence-electron chi connectivity index (χ2n) is 5.54. The summed E-state index contributed by atoms with van der Waals surface area (Å²) in [6.07, 6.45) is 2.43. The standard InChI is InChI=1S/C17H25N7O.HI/c1-4-8-19-16(25)14-7-5-6-13(9-14)10-20-17(18-2)21-11-15-22-12-23-24(15)3;/h5-7,9,12H,4,8,10-11H2,1-3H3,(H,19,25)(H2,18,20,21);1H. The molecule has 142 valence electrons. The number of hydrogen-bond donors (Lipinski definition) is 3. The maximum absolute atomic E-state index is 12.0. The van der Waals surface area contributed by atoms with Crippen LogP contribution in [0.5, 0.6) is 0 Å². The SMILES string of the molecule is CCCNC(=O)c1cccc(CNC(=NC)NCc2ncnn2C)c1.I. The van der Waals surface area contributed by atoms with Crippen LogP contribution in [0.3, 0.4) is 0 Å². The van der Waals surface area contributed by atoms with Crippen LogP contribution in [0.4, 0.5) is 0 Å². The molecule has 1 aromatic heterocycles. The number of amides is 1. The predicted octanol–water partition coefficient (Wildman–Crippen LogP) is 1.44. The van der Waals surface area contributed by atoms with Crippen LogP contribution in [0, 0.1) is 0 Å². The number of rotatable bonds is 7. The zero-order valence-electron chi connectivity index (χ0n) is 15.3. The largest absolute Gasteiger partial charge is 0.352 e. The second kappa shape index (κ2) is 11.4. The molecule has 0 spiro atoms. The van der Waals surface area contributed by atoms with Gasteiger partial charge in [0.05, 0.1) is 6.54 Å². The third-order valence-electron chi connectivity index (χ3n) is 3.63. The smallest absolute Gasteiger partial charge is 0.251 e. The first-order valence-electron chi connectivity index (χ1n) is 8.28. The highest BCUT2D eigenvalue weighted by Gasteiger charge is 2.06. The van der Waals surface area contributed by atoms with E-state index in [1.807, 2.05) is 38.2 Å². The summed E-state index contributed by atoms with van der Waals surface area (Å²) in [7, 11) is 3.55. The Hall–Kier alpha value is -2.17. The van der Waals surface area contributed by atoms with E-state index < -0.39 is 0 Å². The normalized spacial score (nSPS) is 10.8. The fraction of sp³-hybridized carbons (Fsp3) is 0.412. The van der Waals surface area contributed by atoms with Crippen LogP contribution in [0.2, 0.25) is 0 Å². The Labute approximate surface area is 170 Å². The van der Waals surface area contributed by atoms with Crippen LogP contribution in [0.1, 0.15) is 35.1 Å². The lowest BCUT2D eigenvalue weighted by atomic mass is 10.1. The van der Waals surface area contributed by atoms with Crippen LogP contribution in [-0.4, -0.2) is 40.2 Å². The number of carbonyl (C=O) groups is 1. The third-order valence-corrected chi connectivity index (χ3v) is 3.63. The number of hydrogen-bond acceptors (Lipinski definition) is 4. The van der Waals surface area contributed by atoms with Gasteiger partial charge in [0.25, 0.3) is 5.91 Å². The van der Waals surface area contributed by atoms with Crippen LogP contribution >= 0.6 is 24.0 Å². The number of aromatic nitrogens is 3. The lowest BCUT2D eigenvalue weighted by Crippen LogP contribution is -2.37. The van der Waals surface area contributed by atoms with Gasteiger partial charge in [-0.15, -0.1) is 24.0 Å². The molecule has 8 nitrogen and oxygen atoms in total. The maximum atomic E-state index is 12.0. The molecule has 2 aromatic rings. The van der Waals surface area contributed by atoms with Crippen molar-refractivity contribution in [2.24, 2.45) is 12.0 Å². The molecule has 0 fully saturated rings. The van der Waals surface area contributed by atoms with Crippen LogP contribution in [-0.2, 0) is 20.1 Å². The van der Waals surface area contributed by atoms with Crippen molar-refractivity contribution in [3.63, 3.8) is 0 Å². The van der Waals surface area contributed by atoms with Crippen molar-refractivity contribution in [2.75, 3.05) is 13.6 Å². The molecule has 1 heterocycles. The number of nitrogens with zero attached hydrogens (tertiary/aromatic N) is 4. The minimum Gasteiger partial charge on any atom is -0.352 e. The first kappa shape index (κ1) is 21.9. The first-order valence-corrected chi connectivity index (χ1v) is 8.28. The van der Waals surface area contributed by atoms with Gasteiger partial charge in [-0.2, -0.15) is 5.10 Å². The molecule has 0 aliphatic rings. The predicted molar refractivity (Wildman–Crippen MR) is 113 cm³/mol. The van der Waals surface area contributed by atoms with Gasteiger partial charge in [-0.25, -0.2) is 4.98 Å². The highest BCUT2D eigenvalue weighted by atomic mass is 127. The van der Waals surface area contributed by atoms with Gasteiger partial charge in [-0.3, -0.25) is 14.5 Å². The minimum absolute atomic E-state index is 0. The van der Waals surface area contributed by atoms with Crippen molar-refractivity contribution in [1.29, 1.82) is 0 Å². The molecular weight excluding hydrogens is 445 g/mol. The van der Waals surface area contributed by atoms with Crippen molar-refractivity contribution in [3.05, 3.63) is 47.5 Å². The quantitative estimate of drug-likeness (QED) is 0.323. The van der Waals surface area contributed by atoms with Crippen molar-refractivity contribution >= 4 is 35.8 Å². The van der Waals surface area contributed by atoms with Gasteiger partial charge in [-0.1, -0.05) is 19.1 Å². The van der Waals surface area contributed by atoms with E-state index in [1.54, 1.807) is 11.7 Å². The molecule has 0 aliphatic carbocycles. The molecule has 9 heteroatoms. The molecule has 2 rings (SSSR count). The average molecular weight is 471 g/mol. The van der Waals surface area contributed by atoms with Crippen molar-refractivity contribution in [1.82, 2.24) is 30.7 Å². The molecule has 0 bridgehead atoms. The van der Waals surface area contributed by atoms with Crippen molar-refractivity contribution < 1.29 is 4.79 Å². The van der Waals surface area contributed by atoms with Crippen LogP contribution < -0.4 is 16.0 Å². The minimum atomic E-state index is -0.0477. The lowest BCUT2D eigenvalue weighted by Gasteiger charge is -2.12. The summed E-state index contributed by atoms with van der Waals surface area (Å²) in [5.41, 5.74) is 1.67. The van der Waals surface area contributed by atoms with E-state index in [0.717, 1.165) is 17.8 Å². The number of nitrogens with one attached hydrogen (secondary N) is 3. The second-order valence-corrected chi connectivity index (χ2v) is 5.54. The summed E-state index contributed by atoms with van der Waals surface area (Å²) in [6.45, 7) is 3.79. The Morgan fingerprint density at radius 3 is 2.65 bits per heavy atom. The Morgan fingerprint density at radius 2 is 2.00 bits per heavy atom. The molecule has 0 saturated heterocycles. The topological polar surface area (TPSA) is 96.2 Å². The summed E-state index contributed by atoms with van der Waals surface area (Å²) in [5.74, 6) is 1.43. The number of halogens is 1. The summed E-state index contributed by atoms with van der Waals surface area (Å²) in [5, 5.41) is 13.3. The molecule has 0 radical (unpaired) electrons. The Bertz CT molecular complexity index is 729. The Balaban J connectivity index is 0.00000338. The molecule has 26 heavy (non-hydrogen) atoms.